The Bertz CT molecular complexity index is 355. The van der Waals surface area contributed by atoms with Gasteiger partial charge in [0, 0.05) is 11.6 Å². The minimum atomic E-state index is -0.424. The van der Waals surface area contributed by atoms with Crippen LogP contribution in [0, 0.1) is 0 Å². The maximum absolute atomic E-state index is 11.5. The molecule has 4 heteroatoms. The molecule has 1 rings (SSSR count). The lowest BCUT2D eigenvalue weighted by molar-refractivity contribution is -0.122. The molecular weight excluding hydrogens is 224 g/mol. The number of rotatable bonds is 5. The predicted octanol–water partition coefficient (Wildman–Crippen LogP) is 2.08. The molecule has 0 saturated heterocycles. The Morgan fingerprint density at radius 2 is 2.19 bits per heavy atom. The van der Waals surface area contributed by atoms with Crippen LogP contribution < -0.4 is 11.1 Å². The van der Waals surface area contributed by atoms with E-state index in [1.807, 2.05) is 25.1 Å². The van der Waals surface area contributed by atoms with Crippen LogP contribution in [-0.2, 0) is 11.3 Å². The minimum Gasteiger partial charge on any atom is -0.351 e. The zero-order valence-corrected chi connectivity index (χ0v) is 10.1. The van der Waals surface area contributed by atoms with Gasteiger partial charge in [0.2, 0.25) is 5.91 Å². The molecule has 0 aliphatic rings. The first-order chi connectivity index (χ1) is 7.65. The number of benzene rings is 1. The number of hydrogen-bond acceptors (Lipinski definition) is 2. The summed E-state index contributed by atoms with van der Waals surface area (Å²) in [6, 6.07) is 7.01. The summed E-state index contributed by atoms with van der Waals surface area (Å²) < 4.78 is 0. The third kappa shape index (κ3) is 3.83. The SMILES string of the molecule is CCC[C@H](N)C(=O)NCc1ccccc1Cl. The van der Waals surface area contributed by atoms with Crippen LogP contribution in [0.1, 0.15) is 25.3 Å². The third-order valence-electron chi connectivity index (χ3n) is 2.35. The highest BCUT2D eigenvalue weighted by Crippen LogP contribution is 2.14. The first kappa shape index (κ1) is 13.0. The van der Waals surface area contributed by atoms with E-state index in [9.17, 15) is 4.79 Å². The van der Waals surface area contributed by atoms with E-state index in [2.05, 4.69) is 5.32 Å². The normalized spacial score (nSPS) is 12.2. The van der Waals surface area contributed by atoms with Gasteiger partial charge in [-0.05, 0) is 18.1 Å². The molecular formula is C12H17ClN2O. The fourth-order valence-corrected chi connectivity index (χ4v) is 1.60. The summed E-state index contributed by atoms with van der Waals surface area (Å²) in [6.45, 7) is 2.43. The maximum Gasteiger partial charge on any atom is 0.237 e. The monoisotopic (exact) mass is 240 g/mol. The summed E-state index contributed by atoms with van der Waals surface area (Å²) in [5.74, 6) is -0.123. The van der Waals surface area contributed by atoms with Gasteiger partial charge in [-0.15, -0.1) is 0 Å². The van der Waals surface area contributed by atoms with Crippen LogP contribution in [-0.4, -0.2) is 11.9 Å². The van der Waals surface area contributed by atoms with E-state index < -0.39 is 6.04 Å². The lowest BCUT2D eigenvalue weighted by Crippen LogP contribution is -2.40. The summed E-state index contributed by atoms with van der Waals surface area (Å²) in [7, 11) is 0. The molecule has 0 bridgehead atoms. The van der Waals surface area contributed by atoms with Crippen molar-refractivity contribution >= 4 is 17.5 Å². The Morgan fingerprint density at radius 1 is 1.50 bits per heavy atom. The van der Waals surface area contributed by atoms with Gasteiger partial charge in [0.15, 0.2) is 0 Å². The highest BCUT2D eigenvalue weighted by molar-refractivity contribution is 6.31. The Morgan fingerprint density at radius 3 is 2.81 bits per heavy atom. The number of nitrogens with one attached hydrogen (secondary N) is 1. The van der Waals surface area contributed by atoms with Gasteiger partial charge in [-0.2, -0.15) is 0 Å². The molecule has 0 saturated carbocycles. The molecule has 16 heavy (non-hydrogen) atoms. The molecule has 0 aromatic heterocycles. The van der Waals surface area contributed by atoms with Crippen molar-refractivity contribution in [1.29, 1.82) is 0 Å². The van der Waals surface area contributed by atoms with Crippen molar-refractivity contribution in [3.63, 3.8) is 0 Å². The van der Waals surface area contributed by atoms with Crippen molar-refractivity contribution in [2.45, 2.75) is 32.4 Å². The van der Waals surface area contributed by atoms with E-state index in [0.29, 0.717) is 18.0 Å². The van der Waals surface area contributed by atoms with Crippen LogP contribution in [0.3, 0.4) is 0 Å². The molecule has 88 valence electrons. The average molecular weight is 241 g/mol. The number of carbonyl (C=O) groups excluding carboxylic acids is 1. The Kier molecular flexibility index (Phi) is 5.29. The molecule has 1 aromatic carbocycles. The molecule has 0 fully saturated rings. The highest BCUT2D eigenvalue weighted by Gasteiger charge is 2.11. The van der Waals surface area contributed by atoms with Gasteiger partial charge in [0.25, 0.3) is 0 Å². The fourth-order valence-electron chi connectivity index (χ4n) is 1.40. The molecule has 3 N–H and O–H groups in total. The van der Waals surface area contributed by atoms with Crippen LogP contribution in [0.4, 0.5) is 0 Å². The molecule has 0 heterocycles. The quantitative estimate of drug-likeness (QED) is 0.828. The first-order valence-corrected chi connectivity index (χ1v) is 5.79. The number of carbonyl (C=O) groups is 1. The van der Waals surface area contributed by atoms with Crippen molar-refractivity contribution in [3.05, 3.63) is 34.9 Å². The van der Waals surface area contributed by atoms with Crippen LogP contribution >= 0.6 is 11.6 Å². The first-order valence-electron chi connectivity index (χ1n) is 5.41. The number of halogens is 1. The molecule has 0 aliphatic heterocycles. The topological polar surface area (TPSA) is 55.1 Å². The summed E-state index contributed by atoms with van der Waals surface area (Å²) in [5.41, 5.74) is 6.59. The van der Waals surface area contributed by atoms with Gasteiger partial charge in [-0.1, -0.05) is 43.1 Å². The molecule has 0 aliphatic carbocycles. The van der Waals surface area contributed by atoms with Crippen LogP contribution in [0.25, 0.3) is 0 Å². The van der Waals surface area contributed by atoms with E-state index in [0.717, 1.165) is 12.0 Å². The largest absolute Gasteiger partial charge is 0.351 e. The van der Waals surface area contributed by atoms with Crippen LogP contribution in [0.15, 0.2) is 24.3 Å². The Balaban J connectivity index is 2.46. The average Bonchev–Trinajstić information content (AvgIpc) is 2.28. The maximum atomic E-state index is 11.5. The predicted molar refractivity (Wildman–Crippen MR) is 66.2 cm³/mol. The summed E-state index contributed by atoms with van der Waals surface area (Å²) >= 11 is 5.97. The van der Waals surface area contributed by atoms with Gasteiger partial charge in [0.05, 0.1) is 6.04 Å². The number of nitrogens with two attached hydrogens (primary N) is 1. The van der Waals surface area contributed by atoms with E-state index >= 15 is 0 Å². The smallest absolute Gasteiger partial charge is 0.237 e. The van der Waals surface area contributed by atoms with E-state index in [-0.39, 0.29) is 5.91 Å². The van der Waals surface area contributed by atoms with E-state index in [4.69, 9.17) is 17.3 Å². The van der Waals surface area contributed by atoms with Crippen molar-refractivity contribution in [1.82, 2.24) is 5.32 Å². The van der Waals surface area contributed by atoms with E-state index in [1.54, 1.807) is 6.07 Å². The van der Waals surface area contributed by atoms with Gasteiger partial charge >= 0.3 is 0 Å². The second-order valence-electron chi connectivity index (χ2n) is 3.70. The molecule has 1 amide bonds. The second kappa shape index (κ2) is 6.51. The second-order valence-corrected chi connectivity index (χ2v) is 4.11. The third-order valence-corrected chi connectivity index (χ3v) is 2.72. The van der Waals surface area contributed by atoms with Gasteiger partial charge < -0.3 is 11.1 Å². The Labute approximate surface area is 101 Å². The lowest BCUT2D eigenvalue weighted by atomic mass is 10.1. The minimum absolute atomic E-state index is 0.123. The van der Waals surface area contributed by atoms with Gasteiger partial charge in [-0.3, -0.25) is 4.79 Å². The van der Waals surface area contributed by atoms with Gasteiger partial charge in [-0.25, -0.2) is 0 Å². The number of amides is 1. The standard InChI is InChI=1S/C12H17ClN2O/c1-2-5-11(14)12(16)15-8-9-6-3-4-7-10(9)13/h3-4,6-7,11H,2,5,8,14H2,1H3,(H,15,16)/t11-/m0/s1. The van der Waals surface area contributed by atoms with Crippen LogP contribution in [0.5, 0.6) is 0 Å². The Hall–Kier alpha value is -1.06. The van der Waals surface area contributed by atoms with Crippen LogP contribution in [0.2, 0.25) is 5.02 Å². The summed E-state index contributed by atoms with van der Waals surface area (Å²) in [4.78, 5) is 11.5. The van der Waals surface area contributed by atoms with Crippen molar-refractivity contribution in [2.24, 2.45) is 5.73 Å². The van der Waals surface area contributed by atoms with E-state index in [1.165, 1.54) is 0 Å². The zero-order chi connectivity index (χ0) is 12.0. The molecule has 0 unspecified atom stereocenters. The fraction of sp³-hybridized carbons (Fsp3) is 0.417. The summed E-state index contributed by atoms with van der Waals surface area (Å²) in [6.07, 6.45) is 1.61. The molecule has 1 atom stereocenters. The molecule has 0 radical (unpaired) electrons. The van der Waals surface area contributed by atoms with Crippen molar-refractivity contribution < 1.29 is 4.79 Å². The highest BCUT2D eigenvalue weighted by atomic mass is 35.5. The van der Waals surface area contributed by atoms with Gasteiger partial charge in [0.1, 0.15) is 0 Å². The van der Waals surface area contributed by atoms with Crippen molar-refractivity contribution in [3.8, 4) is 0 Å². The number of hydrogen-bond donors (Lipinski definition) is 2. The molecule has 1 aromatic rings. The lowest BCUT2D eigenvalue weighted by Gasteiger charge is -2.11. The molecule has 0 spiro atoms. The zero-order valence-electron chi connectivity index (χ0n) is 9.37. The van der Waals surface area contributed by atoms with Crippen molar-refractivity contribution in [2.75, 3.05) is 0 Å². The summed E-state index contributed by atoms with van der Waals surface area (Å²) in [5, 5.41) is 3.44. The molecule has 3 nitrogen and oxygen atoms in total.